The molecule has 0 radical (unpaired) electrons. The van der Waals surface area contributed by atoms with Gasteiger partial charge in [-0.3, -0.25) is 4.18 Å². The monoisotopic (exact) mass is 445 g/mol. The second-order valence-electron chi connectivity index (χ2n) is 8.91. The van der Waals surface area contributed by atoms with E-state index in [9.17, 15) is 13.2 Å². The highest BCUT2D eigenvalue weighted by atomic mass is 32.2. The Labute approximate surface area is 185 Å². The van der Waals surface area contributed by atoms with E-state index >= 15 is 0 Å². The van der Waals surface area contributed by atoms with Gasteiger partial charge in [-0.1, -0.05) is 42.0 Å². The average molecular weight is 446 g/mol. The predicted octanol–water partition coefficient (Wildman–Crippen LogP) is 5.02. The van der Waals surface area contributed by atoms with Gasteiger partial charge in [0.2, 0.25) is 0 Å². The van der Waals surface area contributed by atoms with Gasteiger partial charge in [0, 0.05) is 6.54 Å². The number of carbonyl (C=O) groups is 1. The van der Waals surface area contributed by atoms with Gasteiger partial charge in [-0.2, -0.15) is 8.42 Å². The molecule has 1 heterocycles. The summed E-state index contributed by atoms with van der Waals surface area (Å²) in [6, 6.07) is 14.5. The molecule has 1 amide bonds. The summed E-state index contributed by atoms with van der Waals surface area (Å²) in [6.07, 6.45) is 2.03. The zero-order chi connectivity index (χ0) is 22.6. The minimum absolute atomic E-state index is 0.00191. The van der Waals surface area contributed by atoms with E-state index in [1.54, 1.807) is 29.2 Å². The Balaban J connectivity index is 1.57. The van der Waals surface area contributed by atoms with Crippen LogP contribution in [0.3, 0.4) is 0 Å². The van der Waals surface area contributed by atoms with Crippen LogP contribution < -0.4 is 0 Å². The summed E-state index contributed by atoms with van der Waals surface area (Å²) in [4.78, 5) is 14.5. The molecule has 6 nitrogen and oxygen atoms in total. The number of hydrogen-bond donors (Lipinski definition) is 0. The van der Waals surface area contributed by atoms with Crippen molar-refractivity contribution in [2.24, 2.45) is 0 Å². The van der Waals surface area contributed by atoms with Crippen LogP contribution in [-0.2, 0) is 25.5 Å². The van der Waals surface area contributed by atoms with Crippen molar-refractivity contribution in [3.63, 3.8) is 0 Å². The number of likely N-dealkylation sites (tertiary alicyclic amines) is 1. The highest BCUT2D eigenvalue weighted by Crippen LogP contribution is 2.33. The summed E-state index contributed by atoms with van der Waals surface area (Å²) in [7, 11) is -3.76. The molecule has 1 aliphatic heterocycles. The smallest absolute Gasteiger partial charge is 0.410 e. The largest absolute Gasteiger partial charge is 0.444 e. The fourth-order valence-electron chi connectivity index (χ4n) is 3.60. The van der Waals surface area contributed by atoms with Gasteiger partial charge in [-0.15, -0.1) is 0 Å². The highest BCUT2D eigenvalue weighted by molar-refractivity contribution is 7.86. The van der Waals surface area contributed by atoms with Crippen LogP contribution in [0.2, 0.25) is 0 Å². The first-order chi connectivity index (χ1) is 14.5. The van der Waals surface area contributed by atoms with Crippen LogP contribution in [0.5, 0.6) is 0 Å². The predicted molar refractivity (Wildman–Crippen MR) is 119 cm³/mol. The van der Waals surface area contributed by atoms with E-state index in [-0.39, 0.29) is 23.6 Å². The summed E-state index contributed by atoms with van der Waals surface area (Å²) in [5, 5.41) is 0. The molecule has 0 saturated carbocycles. The summed E-state index contributed by atoms with van der Waals surface area (Å²) < 4.78 is 35.3. The third-order valence-electron chi connectivity index (χ3n) is 5.18. The Kier molecular flexibility index (Phi) is 7.06. The van der Waals surface area contributed by atoms with E-state index in [0.29, 0.717) is 13.0 Å². The van der Waals surface area contributed by atoms with Gasteiger partial charge in [0.25, 0.3) is 10.1 Å². The molecular weight excluding hydrogens is 414 g/mol. The molecule has 0 aliphatic carbocycles. The summed E-state index contributed by atoms with van der Waals surface area (Å²) in [6.45, 7) is 8.26. The molecule has 1 saturated heterocycles. The van der Waals surface area contributed by atoms with Crippen LogP contribution in [0.25, 0.3) is 0 Å². The molecule has 1 aliphatic rings. The Morgan fingerprint density at radius 2 is 1.71 bits per heavy atom. The number of carbonyl (C=O) groups excluding carboxylic acids is 1. The van der Waals surface area contributed by atoms with Gasteiger partial charge in [0.05, 0.1) is 17.5 Å². The second kappa shape index (κ2) is 9.40. The maximum absolute atomic E-state index is 12.5. The van der Waals surface area contributed by atoms with Crippen LogP contribution >= 0.6 is 0 Å². The van der Waals surface area contributed by atoms with Crippen molar-refractivity contribution in [2.75, 3.05) is 13.2 Å². The summed E-state index contributed by atoms with van der Waals surface area (Å²) in [5.41, 5.74) is 2.50. The molecule has 168 valence electrons. The minimum atomic E-state index is -3.76. The number of nitrogens with zero attached hydrogens (tertiary/aromatic N) is 1. The molecule has 2 aromatic rings. The molecule has 0 bridgehead atoms. The van der Waals surface area contributed by atoms with Crippen LogP contribution in [0.4, 0.5) is 4.79 Å². The lowest BCUT2D eigenvalue weighted by atomic mass is 10.0. The molecule has 3 rings (SSSR count). The molecule has 7 heteroatoms. The lowest BCUT2D eigenvalue weighted by Gasteiger charge is -2.29. The van der Waals surface area contributed by atoms with Crippen LogP contribution in [-0.4, -0.2) is 38.2 Å². The van der Waals surface area contributed by atoms with E-state index in [1.807, 2.05) is 52.0 Å². The molecule has 1 fully saturated rings. The standard InChI is InChI=1S/C24H31NO5S/c1-18-7-13-21(14-8-18)31(27,28)29-17-15-19-9-11-20(12-10-19)22-6-5-16-25(22)23(26)30-24(2,3)4/h7-14,22H,5-6,15-17H2,1-4H3. The Hall–Kier alpha value is -2.38. The van der Waals surface area contributed by atoms with Crippen molar-refractivity contribution < 1.29 is 22.1 Å². The summed E-state index contributed by atoms with van der Waals surface area (Å²) in [5.74, 6) is 0. The minimum Gasteiger partial charge on any atom is -0.444 e. The number of benzene rings is 2. The number of rotatable bonds is 6. The van der Waals surface area contributed by atoms with E-state index in [0.717, 1.165) is 29.5 Å². The Morgan fingerprint density at radius 3 is 2.32 bits per heavy atom. The van der Waals surface area contributed by atoms with Crippen molar-refractivity contribution >= 4 is 16.2 Å². The molecule has 0 spiro atoms. The fraction of sp³-hybridized carbons (Fsp3) is 0.458. The SMILES string of the molecule is Cc1ccc(S(=O)(=O)OCCc2ccc(C3CCCN3C(=O)OC(C)(C)C)cc2)cc1. The molecule has 2 aromatic carbocycles. The van der Waals surface area contributed by atoms with E-state index in [4.69, 9.17) is 8.92 Å². The molecule has 1 unspecified atom stereocenters. The molecule has 1 atom stereocenters. The quantitative estimate of drug-likeness (QED) is 0.584. The number of hydrogen-bond acceptors (Lipinski definition) is 5. The fourth-order valence-corrected chi connectivity index (χ4v) is 4.51. The van der Waals surface area contributed by atoms with Gasteiger partial charge in [-0.05, 0) is 70.2 Å². The molecule has 0 N–H and O–H groups in total. The van der Waals surface area contributed by atoms with Crippen molar-refractivity contribution in [1.82, 2.24) is 4.90 Å². The molecular formula is C24H31NO5S. The van der Waals surface area contributed by atoms with Crippen molar-refractivity contribution in [2.45, 2.75) is 63.5 Å². The van der Waals surface area contributed by atoms with Gasteiger partial charge in [-0.25, -0.2) is 4.79 Å². The van der Waals surface area contributed by atoms with E-state index in [2.05, 4.69) is 0 Å². The van der Waals surface area contributed by atoms with Crippen LogP contribution in [0, 0.1) is 6.92 Å². The zero-order valence-electron chi connectivity index (χ0n) is 18.6. The van der Waals surface area contributed by atoms with Crippen LogP contribution in [0.1, 0.15) is 56.3 Å². The van der Waals surface area contributed by atoms with Gasteiger partial charge in [0.15, 0.2) is 0 Å². The van der Waals surface area contributed by atoms with E-state index < -0.39 is 15.7 Å². The first-order valence-corrected chi connectivity index (χ1v) is 12.0. The maximum atomic E-state index is 12.5. The second-order valence-corrected chi connectivity index (χ2v) is 10.5. The summed E-state index contributed by atoms with van der Waals surface area (Å²) >= 11 is 0. The number of ether oxygens (including phenoxy) is 1. The third-order valence-corrected chi connectivity index (χ3v) is 6.51. The molecule has 31 heavy (non-hydrogen) atoms. The highest BCUT2D eigenvalue weighted by Gasteiger charge is 2.33. The average Bonchev–Trinajstić information content (AvgIpc) is 3.17. The van der Waals surface area contributed by atoms with Gasteiger partial charge >= 0.3 is 6.09 Å². The Bertz CT molecular complexity index is 992. The molecule has 0 aromatic heterocycles. The zero-order valence-corrected chi connectivity index (χ0v) is 19.4. The third kappa shape index (κ3) is 6.31. The van der Waals surface area contributed by atoms with E-state index in [1.165, 1.54) is 0 Å². The topological polar surface area (TPSA) is 72.9 Å². The maximum Gasteiger partial charge on any atom is 0.410 e. The number of amides is 1. The van der Waals surface area contributed by atoms with Gasteiger partial charge < -0.3 is 9.64 Å². The Morgan fingerprint density at radius 1 is 1.06 bits per heavy atom. The van der Waals surface area contributed by atoms with Crippen molar-refractivity contribution in [3.8, 4) is 0 Å². The van der Waals surface area contributed by atoms with Crippen LogP contribution in [0.15, 0.2) is 53.4 Å². The van der Waals surface area contributed by atoms with Crippen molar-refractivity contribution in [1.29, 1.82) is 0 Å². The first kappa shape index (κ1) is 23.3. The normalized spacial score (nSPS) is 17.0. The van der Waals surface area contributed by atoms with Crippen molar-refractivity contribution in [3.05, 3.63) is 65.2 Å². The first-order valence-electron chi connectivity index (χ1n) is 10.6. The lowest BCUT2D eigenvalue weighted by Crippen LogP contribution is -2.36. The lowest BCUT2D eigenvalue weighted by molar-refractivity contribution is 0.0224. The van der Waals surface area contributed by atoms with Gasteiger partial charge in [0.1, 0.15) is 5.60 Å². The number of aryl methyl sites for hydroxylation is 1.